The lowest BCUT2D eigenvalue weighted by Crippen LogP contribution is -3.27. The van der Waals surface area contributed by atoms with Gasteiger partial charge in [-0.15, -0.1) is 5.10 Å². The fraction of sp³-hybridized carbons (Fsp3) is 0.650. The highest BCUT2D eigenvalue weighted by Gasteiger charge is 2.37. The van der Waals surface area contributed by atoms with E-state index in [0.29, 0.717) is 6.04 Å². The third kappa shape index (κ3) is 3.84. The number of likely N-dealkylation sites (N-methyl/N-ethyl adjacent to an activating group) is 1. The van der Waals surface area contributed by atoms with Gasteiger partial charge in [-0.05, 0) is 35.4 Å². The Balaban J connectivity index is 1.73. The summed E-state index contributed by atoms with van der Waals surface area (Å²) in [5.74, 6) is 1.93. The van der Waals surface area contributed by atoms with Crippen LogP contribution in [0.2, 0.25) is 0 Å². The maximum Gasteiger partial charge on any atom is 0.214 e. The number of nitrogens with zero attached hydrogens (tertiary/aromatic N) is 4. The number of benzene rings is 1. The molecule has 1 aliphatic carbocycles. The molecule has 27 heavy (non-hydrogen) atoms. The van der Waals surface area contributed by atoms with Crippen LogP contribution in [0.5, 0.6) is 5.75 Å². The second-order valence-electron chi connectivity index (χ2n) is 8.06. The van der Waals surface area contributed by atoms with Gasteiger partial charge in [-0.1, -0.05) is 31.4 Å². The van der Waals surface area contributed by atoms with Crippen LogP contribution in [0, 0.1) is 0 Å². The number of piperazine rings is 1. The number of quaternary nitrogens is 2. The molecular weight excluding hydrogens is 340 g/mol. The summed E-state index contributed by atoms with van der Waals surface area (Å²) in [5.41, 5.74) is 1.20. The largest absolute Gasteiger partial charge is 0.496 e. The van der Waals surface area contributed by atoms with E-state index in [4.69, 9.17) is 4.74 Å². The predicted octanol–water partition coefficient (Wildman–Crippen LogP) is -0.310. The second-order valence-corrected chi connectivity index (χ2v) is 8.06. The standard InChI is InChI=1S/C20H30N6O/c1-24-12-14-25(15-13-24)19(17-10-6-7-11-18(17)27-2)20-21-22-23-26(20)16-8-4-3-5-9-16/h6-7,10-11,16,19H,3-5,8-9,12-15H2,1-2H3/p+2/t19-/m1/s1. The first kappa shape index (κ1) is 18.4. The molecular formula is C20H32N6O+2. The molecule has 1 saturated heterocycles. The van der Waals surface area contributed by atoms with Gasteiger partial charge in [0.1, 0.15) is 31.9 Å². The Labute approximate surface area is 161 Å². The average Bonchev–Trinajstić information content (AvgIpc) is 3.20. The molecule has 7 heteroatoms. The normalized spacial score (nSPS) is 25.3. The Morgan fingerprint density at radius 2 is 1.81 bits per heavy atom. The number of nitrogens with one attached hydrogen (secondary N) is 2. The summed E-state index contributed by atoms with van der Waals surface area (Å²) in [5, 5.41) is 13.1. The monoisotopic (exact) mass is 372 g/mol. The lowest BCUT2D eigenvalue weighted by atomic mass is 9.95. The molecule has 0 bridgehead atoms. The molecule has 1 aromatic heterocycles. The van der Waals surface area contributed by atoms with Gasteiger partial charge in [0.2, 0.25) is 5.82 Å². The van der Waals surface area contributed by atoms with Crippen molar-refractivity contribution in [3.63, 3.8) is 0 Å². The molecule has 2 heterocycles. The van der Waals surface area contributed by atoms with Gasteiger partial charge in [0.05, 0.1) is 25.8 Å². The van der Waals surface area contributed by atoms with Gasteiger partial charge in [0.15, 0.2) is 6.04 Å². The summed E-state index contributed by atoms with van der Waals surface area (Å²) in [6.07, 6.45) is 6.23. The van der Waals surface area contributed by atoms with Crippen LogP contribution < -0.4 is 14.5 Å². The van der Waals surface area contributed by atoms with Crippen molar-refractivity contribution in [2.45, 2.75) is 44.2 Å². The van der Waals surface area contributed by atoms with Crippen LogP contribution >= 0.6 is 0 Å². The molecule has 1 aromatic carbocycles. The second kappa shape index (κ2) is 8.35. The maximum atomic E-state index is 5.73. The maximum absolute atomic E-state index is 5.73. The van der Waals surface area contributed by atoms with Gasteiger partial charge in [-0.2, -0.15) is 0 Å². The summed E-state index contributed by atoms with van der Waals surface area (Å²) in [6, 6.07) is 8.91. The van der Waals surface area contributed by atoms with Crippen molar-refractivity contribution in [3.8, 4) is 5.75 Å². The van der Waals surface area contributed by atoms with E-state index in [0.717, 1.165) is 24.7 Å². The van der Waals surface area contributed by atoms with Crippen molar-refractivity contribution in [3.05, 3.63) is 35.7 Å². The van der Waals surface area contributed by atoms with Gasteiger partial charge < -0.3 is 14.5 Å². The van der Waals surface area contributed by atoms with Crippen LogP contribution in [-0.4, -0.2) is 60.5 Å². The highest BCUT2D eigenvalue weighted by Crippen LogP contribution is 2.32. The van der Waals surface area contributed by atoms with Crippen LogP contribution in [0.15, 0.2) is 24.3 Å². The number of rotatable bonds is 5. The zero-order chi connectivity index (χ0) is 18.6. The van der Waals surface area contributed by atoms with Gasteiger partial charge >= 0.3 is 0 Å². The lowest BCUT2D eigenvalue weighted by molar-refractivity contribution is -1.02. The van der Waals surface area contributed by atoms with E-state index in [9.17, 15) is 0 Å². The molecule has 146 valence electrons. The highest BCUT2D eigenvalue weighted by atomic mass is 16.5. The van der Waals surface area contributed by atoms with E-state index in [1.807, 2.05) is 6.07 Å². The quantitative estimate of drug-likeness (QED) is 0.756. The van der Waals surface area contributed by atoms with Crippen molar-refractivity contribution in [1.82, 2.24) is 20.2 Å². The molecule has 1 atom stereocenters. The molecule has 2 aliphatic rings. The van der Waals surface area contributed by atoms with Gasteiger partial charge in [0.25, 0.3) is 0 Å². The van der Waals surface area contributed by atoms with Crippen molar-refractivity contribution in [2.24, 2.45) is 0 Å². The Hall–Kier alpha value is -1.99. The number of hydrogen-bond acceptors (Lipinski definition) is 4. The van der Waals surface area contributed by atoms with E-state index in [1.165, 1.54) is 55.7 Å². The first-order chi connectivity index (χ1) is 13.3. The molecule has 2 N–H and O–H groups in total. The van der Waals surface area contributed by atoms with Gasteiger partial charge in [-0.25, -0.2) is 4.68 Å². The fourth-order valence-electron chi connectivity index (χ4n) is 4.71. The van der Waals surface area contributed by atoms with Crippen molar-refractivity contribution in [1.29, 1.82) is 0 Å². The first-order valence-corrected chi connectivity index (χ1v) is 10.3. The van der Waals surface area contributed by atoms with Crippen LogP contribution in [0.4, 0.5) is 0 Å². The third-order valence-electron chi connectivity index (χ3n) is 6.30. The zero-order valence-corrected chi connectivity index (χ0v) is 16.5. The molecule has 0 radical (unpaired) electrons. The van der Waals surface area contributed by atoms with E-state index in [1.54, 1.807) is 12.0 Å². The summed E-state index contributed by atoms with van der Waals surface area (Å²) < 4.78 is 7.86. The van der Waals surface area contributed by atoms with Gasteiger partial charge in [-0.3, -0.25) is 0 Å². The summed E-state index contributed by atoms with van der Waals surface area (Å²) in [7, 11) is 4.03. The summed E-state index contributed by atoms with van der Waals surface area (Å²) in [4.78, 5) is 3.14. The molecule has 0 unspecified atom stereocenters. The molecule has 1 aliphatic heterocycles. The number of ether oxygens (including phenoxy) is 1. The van der Waals surface area contributed by atoms with E-state index in [-0.39, 0.29) is 6.04 Å². The Kier molecular flexibility index (Phi) is 5.69. The van der Waals surface area contributed by atoms with E-state index >= 15 is 0 Å². The van der Waals surface area contributed by atoms with Crippen molar-refractivity contribution >= 4 is 0 Å². The Morgan fingerprint density at radius 3 is 2.56 bits per heavy atom. The zero-order valence-electron chi connectivity index (χ0n) is 16.5. The molecule has 4 rings (SSSR count). The lowest BCUT2D eigenvalue weighted by Gasteiger charge is -2.34. The number of aromatic nitrogens is 4. The van der Waals surface area contributed by atoms with Crippen LogP contribution in [0.1, 0.15) is 55.6 Å². The van der Waals surface area contributed by atoms with Crippen molar-refractivity contribution < 1.29 is 14.5 Å². The molecule has 0 amide bonds. The number of hydrogen-bond donors (Lipinski definition) is 2. The Morgan fingerprint density at radius 1 is 1.07 bits per heavy atom. The number of methoxy groups -OCH3 is 1. The minimum Gasteiger partial charge on any atom is -0.496 e. The SMILES string of the molecule is COc1ccccc1[C@H](c1nnnn1C1CCCCC1)[NH+]1CC[NH+](C)CC1. The van der Waals surface area contributed by atoms with Crippen LogP contribution in [0.3, 0.4) is 0 Å². The summed E-state index contributed by atoms with van der Waals surface area (Å²) in [6.45, 7) is 4.58. The molecule has 2 aromatic rings. The average molecular weight is 373 g/mol. The fourth-order valence-corrected chi connectivity index (χ4v) is 4.71. The first-order valence-electron chi connectivity index (χ1n) is 10.3. The van der Waals surface area contributed by atoms with Crippen LogP contribution in [-0.2, 0) is 0 Å². The third-order valence-corrected chi connectivity index (χ3v) is 6.30. The molecule has 7 nitrogen and oxygen atoms in total. The summed E-state index contributed by atoms with van der Waals surface area (Å²) >= 11 is 0. The van der Waals surface area contributed by atoms with E-state index < -0.39 is 0 Å². The number of para-hydroxylation sites is 1. The van der Waals surface area contributed by atoms with Gasteiger partial charge in [0, 0.05) is 0 Å². The Bertz CT molecular complexity index is 734. The molecule has 0 spiro atoms. The molecule has 2 fully saturated rings. The topological polar surface area (TPSA) is 61.7 Å². The predicted molar refractivity (Wildman–Crippen MR) is 102 cm³/mol. The minimum absolute atomic E-state index is 0.117. The van der Waals surface area contributed by atoms with Crippen molar-refractivity contribution in [2.75, 3.05) is 40.3 Å². The number of tetrazole rings is 1. The molecule has 1 saturated carbocycles. The smallest absolute Gasteiger partial charge is 0.214 e. The highest BCUT2D eigenvalue weighted by molar-refractivity contribution is 5.37. The van der Waals surface area contributed by atoms with Crippen LogP contribution in [0.25, 0.3) is 0 Å². The van der Waals surface area contributed by atoms with E-state index in [2.05, 4.69) is 45.5 Å². The minimum atomic E-state index is 0.117.